The van der Waals surface area contributed by atoms with Gasteiger partial charge in [-0.15, -0.1) is 0 Å². The predicted molar refractivity (Wildman–Crippen MR) is 70.9 cm³/mol. The van der Waals surface area contributed by atoms with Crippen molar-refractivity contribution in [1.29, 1.82) is 0 Å². The number of hydrogen-bond donors (Lipinski definition) is 0. The fraction of sp³-hybridized carbons (Fsp3) is 1.00. The monoisotopic (exact) mass is 247 g/mol. The minimum Gasteiger partial charge on any atom is -0.407 e. The Hall–Kier alpha value is -0.0151. The fourth-order valence-corrected chi connectivity index (χ4v) is 6.36. The molecule has 0 unspecified atom stereocenters. The van der Waals surface area contributed by atoms with E-state index < -0.39 is 0 Å². The van der Waals surface area contributed by atoms with Crippen LogP contribution < -0.4 is 0 Å². The molecular formula is C15H24BO2. The molecule has 3 heteroatoms. The van der Waals surface area contributed by atoms with E-state index in [-0.39, 0.29) is 5.60 Å². The van der Waals surface area contributed by atoms with Crippen molar-refractivity contribution in [2.75, 3.05) is 0 Å². The van der Waals surface area contributed by atoms with E-state index in [0.717, 1.165) is 11.8 Å². The Balaban J connectivity index is 1.85. The Labute approximate surface area is 111 Å². The quantitative estimate of drug-likeness (QED) is 0.612. The lowest BCUT2D eigenvalue weighted by Crippen LogP contribution is -2.52. The molecule has 1 radical (unpaired) electrons. The van der Waals surface area contributed by atoms with Crippen molar-refractivity contribution in [3.63, 3.8) is 0 Å². The van der Waals surface area contributed by atoms with Crippen molar-refractivity contribution in [3.8, 4) is 0 Å². The summed E-state index contributed by atoms with van der Waals surface area (Å²) in [4.78, 5) is 0. The molecule has 18 heavy (non-hydrogen) atoms. The van der Waals surface area contributed by atoms with Gasteiger partial charge in [-0.3, -0.25) is 0 Å². The van der Waals surface area contributed by atoms with Crippen molar-refractivity contribution in [3.05, 3.63) is 0 Å². The van der Waals surface area contributed by atoms with Crippen LogP contribution in [-0.2, 0) is 9.31 Å². The zero-order valence-electron chi connectivity index (χ0n) is 12.0. The molecule has 1 saturated heterocycles. The summed E-state index contributed by atoms with van der Waals surface area (Å²) in [6.45, 7) is 9.72. The second-order valence-electron chi connectivity index (χ2n) is 8.07. The van der Waals surface area contributed by atoms with Crippen LogP contribution in [0.5, 0.6) is 0 Å². The highest BCUT2D eigenvalue weighted by molar-refractivity contribution is 6.19. The molecule has 0 N–H and O–H groups in total. The Morgan fingerprint density at radius 1 is 1.06 bits per heavy atom. The molecule has 0 aromatic rings. The minimum absolute atomic E-state index is 0.0706. The van der Waals surface area contributed by atoms with Gasteiger partial charge < -0.3 is 9.31 Å². The van der Waals surface area contributed by atoms with Crippen molar-refractivity contribution in [2.45, 2.75) is 65.1 Å². The normalized spacial score (nSPS) is 60.2. The van der Waals surface area contributed by atoms with E-state index in [1.165, 1.54) is 25.7 Å². The average molecular weight is 247 g/mol. The van der Waals surface area contributed by atoms with Gasteiger partial charge in [0, 0.05) is 0 Å². The molecule has 4 rings (SSSR count). The zero-order valence-corrected chi connectivity index (χ0v) is 12.0. The van der Waals surface area contributed by atoms with Crippen LogP contribution in [0.2, 0.25) is 0 Å². The van der Waals surface area contributed by atoms with Gasteiger partial charge in [-0.05, 0) is 61.2 Å². The highest BCUT2D eigenvalue weighted by Gasteiger charge is 2.72. The predicted octanol–water partition coefficient (Wildman–Crippen LogP) is 3.18. The second kappa shape index (κ2) is 3.17. The van der Waals surface area contributed by atoms with Crippen LogP contribution in [-0.4, -0.2) is 19.4 Å². The number of rotatable bonds is 0. The van der Waals surface area contributed by atoms with Crippen LogP contribution in [0.25, 0.3) is 0 Å². The van der Waals surface area contributed by atoms with E-state index in [4.69, 9.17) is 9.31 Å². The lowest BCUT2D eigenvalue weighted by Gasteiger charge is -2.48. The first-order chi connectivity index (χ1) is 8.41. The molecular weight excluding hydrogens is 223 g/mol. The number of fused-ring (bicyclic) bond motifs is 3. The molecule has 1 spiro atoms. The van der Waals surface area contributed by atoms with Crippen molar-refractivity contribution < 1.29 is 9.31 Å². The van der Waals surface area contributed by atoms with Gasteiger partial charge in [0.25, 0.3) is 0 Å². The first-order valence-corrected chi connectivity index (χ1v) is 7.56. The molecule has 2 nitrogen and oxygen atoms in total. The standard InChI is InChI=1S/C15H24BO2/c1-9-5-6-10-13(2,3)11-7-15(9,10)8-12-14(11,4)18-16-17-12/h9-12H,5-8H2,1-4H3/t9-,10-,11-,12+,14-,15-/m1/s1. The van der Waals surface area contributed by atoms with Crippen LogP contribution >= 0.6 is 0 Å². The van der Waals surface area contributed by atoms with E-state index in [9.17, 15) is 0 Å². The Bertz CT molecular complexity index is 392. The summed E-state index contributed by atoms with van der Waals surface area (Å²) in [5.41, 5.74) is 0.870. The molecule has 0 aromatic carbocycles. The summed E-state index contributed by atoms with van der Waals surface area (Å²) < 4.78 is 11.8. The van der Waals surface area contributed by atoms with Crippen molar-refractivity contribution >= 4 is 7.69 Å². The highest BCUT2D eigenvalue weighted by Crippen LogP contribution is 2.74. The zero-order chi connectivity index (χ0) is 12.8. The lowest BCUT2D eigenvalue weighted by molar-refractivity contribution is -0.0765. The van der Waals surface area contributed by atoms with Crippen molar-refractivity contribution in [2.24, 2.45) is 28.6 Å². The highest BCUT2D eigenvalue weighted by atomic mass is 16.6. The van der Waals surface area contributed by atoms with E-state index in [2.05, 4.69) is 27.7 Å². The molecule has 3 aliphatic carbocycles. The summed E-state index contributed by atoms with van der Waals surface area (Å²) in [5, 5.41) is 0. The molecule has 99 valence electrons. The first kappa shape index (κ1) is 11.8. The maximum absolute atomic E-state index is 5.96. The molecule has 4 aliphatic rings. The third-order valence-electron chi connectivity index (χ3n) is 7.36. The summed E-state index contributed by atoms with van der Waals surface area (Å²) in [6.07, 6.45) is 5.69. The Kier molecular flexibility index (Phi) is 2.08. The molecule has 0 amide bonds. The fourth-order valence-electron chi connectivity index (χ4n) is 6.36. The molecule has 2 bridgehead atoms. The van der Waals surface area contributed by atoms with Crippen LogP contribution in [0.15, 0.2) is 0 Å². The molecule has 6 atom stereocenters. The van der Waals surface area contributed by atoms with Gasteiger partial charge in [-0.2, -0.15) is 0 Å². The first-order valence-electron chi connectivity index (χ1n) is 7.56. The average Bonchev–Trinajstić information content (AvgIpc) is 2.87. The van der Waals surface area contributed by atoms with Gasteiger partial charge in [0.1, 0.15) is 0 Å². The molecule has 0 aromatic heterocycles. The van der Waals surface area contributed by atoms with Gasteiger partial charge in [0.15, 0.2) is 0 Å². The minimum atomic E-state index is -0.0706. The van der Waals surface area contributed by atoms with Gasteiger partial charge in [0.05, 0.1) is 11.7 Å². The van der Waals surface area contributed by atoms with Gasteiger partial charge in [0.2, 0.25) is 0 Å². The Morgan fingerprint density at radius 2 is 1.83 bits per heavy atom. The van der Waals surface area contributed by atoms with Crippen LogP contribution in [0, 0.1) is 28.6 Å². The topological polar surface area (TPSA) is 18.5 Å². The van der Waals surface area contributed by atoms with E-state index in [1.54, 1.807) is 7.69 Å². The van der Waals surface area contributed by atoms with Crippen LogP contribution in [0.3, 0.4) is 0 Å². The summed E-state index contributed by atoms with van der Waals surface area (Å²) >= 11 is 0. The van der Waals surface area contributed by atoms with Crippen LogP contribution in [0.1, 0.15) is 53.4 Å². The number of hydrogen-bond acceptors (Lipinski definition) is 2. The molecule has 3 saturated carbocycles. The summed E-state index contributed by atoms with van der Waals surface area (Å²) in [7, 11) is 1.62. The molecule has 1 heterocycles. The molecule has 4 fully saturated rings. The Morgan fingerprint density at radius 3 is 2.61 bits per heavy atom. The third-order valence-corrected chi connectivity index (χ3v) is 7.36. The lowest BCUT2D eigenvalue weighted by atomic mass is 9.63. The van der Waals surface area contributed by atoms with E-state index in [0.29, 0.717) is 22.9 Å². The molecule has 1 aliphatic heterocycles. The maximum Gasteiger partial charge on any atom is 0.488 e. The van der Waals surface area contributed by atoms with E-state index in [1.807, 2.05) is 0 Å². The van der Waals surface area contributed by atoms with Crippen molar-refractivity contribution in [1.82, 2.24) is 0 Å². The smallest absolute Gasteiger partial charge is 0.407 e. The third kappa shape index (κ3) is 1.07. The largest absolute Gasteiger partial charge is 0.488 e. The SMILES string of the molecule is C[C@@H]1CC[C@@H]2C(C)(C)[C@H]3C[C@@]12C[C@@H]1O[B]O[C@@]13C. The van der Waals surface area contributed by atoms with Crippen LogP contribution in [0.4, 0.5) is 0 Å². The summed E-state index contributed by atoms with van der Waals surface area (Å²) in [6, 6.07) is 0. The van der Waals surface area contributed by atoms with Gasteiger partial charge in [-0.1, -0.05) is 20.8 Å². The van der Waals surface area contributed by atoms with E-state index >= 15 is 0 Å². The van der Waals surface area contributed by atoms with Gasteiger partial charge in [-0.25, -0.2) is 0 Å². The maximum atomic E-state index is 5.96. The second-order valence-corrected chi connectivity index (χ2v) is 8.07. The summed E-state index contributed by atoms with van der Waals surface area (Å²) in [5.74, 6) is 2.38. The van der Waals surface area contributed by atoms with Gasteiger partial charge >= 0.3 is 7.69 Å².